The Morgan fingerprint density at radius 3 is 3.05 bits per heavy atom. The van der Waals surface area contributed by atoms with Crippen LogP contribution in [0.2, 0.25) is 0 Å². The number of rotatable bonds is 2. The Bertz CT molecular complexity index is 635. The Balaban J connectivity index is 2.04. The molecule has 0 amide bonds. The molecule has 0 spiro atoms. The summed E-state index contributed by atoms with van der Waals surface area (Å²) in [6, 6.07) is 6.68. The smallest absolute Gasteiger partial charge is 0.328 e. The van der Waals surface area contributed by atoms with Gasteiger partial charge in [-0.15, -0.1) is 5.10 Å². The van der Waals surface area contributed by atoms with Crippen molar-refractivity contribution in [1.82, 2.24) is 14.8 Å². The lowest BCUT2D eigenvalue weighted by Crippen LogP contribution is -2.25. The number of carboxylic acid groups (broad SMARTS) is 1. The van der Waals surface area contributed by atoms with E-state index in [0.717, 1.165) is 24.2 Å². The molecule has 3 N–H and O–H groups in total. The first kappa shape index (κ1) is 11.7. The first-order chi connectivity index (χ1) is 9.15. The van der Waals surface area contributed by atoms with E-state index >= 15 is 0 Å². The minimum absolute atomic E-state index is 0.537. The number of benzene rings is 1. The molecule has 1 aromatic heterocycles. The van der Waals surface area contributed by atoms with Gasteiger partial charge in [0.1, 0.15) is 5.82 Å². The number of hydrogen-bond donors (Lipinski definition) is 2. The van der Waals surface area contributed by atoms with Gasteiger partial charge in [-0.2, -0.15) is 0 Å². The minimum atomic E-state index is -0.857. The zero-order valence-corrected chi connectivity index (χ0v) is 10.3. The number of carboxylic acids is 1. The maximum atomic E-state index is 11.2. The summed E-state index contributed by atoms with van der Waals surface area (Å²) < 4.78 is 1.53. The highest BCUT2D eigenvalue weighted by molar-refractivity contribution is 5.72. The Morgan fingerprint density at radius 1 is 1.47 bits per heavy atom. The van der Waals surface area contributed by atoms with Gasteiger partial charge >= 0.3 is 5.97 Å². The van der Waals surface area contributed by atoms with Crippen LogP contribution < -0.4 is 5.73 Å². The van der Waals surface area contributed by atoms with Gasteiger partial charge in [0, 0.05) is 17.7 Å². The van der Waals surface area contributed by atoms with Crippen molar-refractivity contribution in [2.24, 2.45) is 0 Å². The molecule has 2 heterocycles. The minimum Gasteiger partial charge on any atom is -0.480 e. The van der Waals surface area contributed by atoms with Gasteiger partial charge in [0.15, 0.2) is 11.9 Å². The third kappa shape index (κ3) is 2.05. The average Bonchev–Trinajstić information content (AvgIpc) is 2.82. The fourth-order valence-corrected chi connectivity index (χ4v) is 2.38. The molecule has 0 fully saturated rings. The molecule has 0 aliphatic carbocycles. The molecule has 0 radical (unpaired) electrons. The monoisotopic (exact) mass is 258 g/mol. The highest BCUT2D eigenvalue weighted by Gasteiger charge is 2.28. The van der Waals surface area contributed by atoms with Crippen LogP contribution in [0.15, 0.2) is 24.3 Å². The van der Waals surface area contributed by atoms with Gasteiger partial charge in [0.2, 0.25) is 0 Å². The lowest BCUT2D eigenvalue weighted by molar-refractivity contribution is -0.141. The Labute approximate surface area is 109 Å². The van der Waals surface area contributed by atoms with Crippen molar-refractivity contribution in [2.45, 2.75) is 25.3 Å². The number of aliphatic carboxylic acids is 1. The maximum absolute atomic E-state index is 11.2. The number of fused-ring (bicyclic) bond motifs is 1. The first-order valence-corrected chi connectivity index (χ1v) is 6.19. The van der Waals surface area contributed by atoms with Gasteiger partial charge in [-0.3, -0.25) is 0 Å². The number of carbonyl (C=O) groups is 1. The van der Waals surface area contributed by atoms with Gasteiger partial charge in [0.05, 0.1) is 0 Å². The van der Waals surface area contributed by atoms with E-state index < -0.39 is 12.0 Å². The number of nitrogens with two attached hydrogens (primary N) is 1. The normalized spacial score (nSPS) is 18.0. The molecule has 1 unspecified atom stereocenters. The quantitative estimate of drug-likeness (QED) is 0.796. The summed E-state index contributed by atoms with van der Waals surface area (Å²) in [7, 11) is 0. The van der Waals surface area contributed by atoms with Crippen LogP contribution in [0.25, 0.3) is 11.4 Å². The number of aromatic nitrogens is 3. The SMILES string of the molecule is Nc1cccc(-c2nc3n(n2)C(C(=O)O)CCC3)c1. The van der Waals surface area contributed by atoms with E-state index in [9.17, 15) is 9.90 Å². The highest BCUT2D eigenvalue weighted by atomic mass is 16.4. The summed E-state index contributed by atoms with van der Waals surface area (Å²) in [5, 5.41) is 13.5. The predicted octanol–water partition coefficient (Wildman–Crippen LogP) is 1.49. The fraction of sp³-hybridized carbons (Fsp3) is 0.308. The van der Waals surface area contributed by atoms with Crippen molar-refractivity contribution in [3.63, 3.8) is 0 Å². The predicted molar refractivity (Wildman–Crippen MR) is 69.5 cm³/mol. The van der Waals surface area contributed by atoms with Crippen LogP contribution in [0.4, 0.5) is 5.69 Å². The molecule has 2 aromatic rings. The topological polar surface area (TPSA) is 94.0 Å². The van der Waals surface area contributed by atoms with Crippen LogP contribution in [-0.4, -0.2) is 25.8 Å². The molecule has 3 rings (SSSR count). The number of aryl methyl sites for hydroxylation is 1. The van der Waals surface area contributed by atoms with Crippen LogP contribution in [0, 0.1) is 0 Å². The van der Waals surface area contributed by atoms with E-state index in [2.05, 4.69) is 10.1 Å². The summed E-state index contributed by atoms with van der Waals surface area (Å²) in [5.74, 6) is 0.413. The van der Waals surface area contributed by atoms with Crippen LogP contribution >= 0.6 is 0 Å². The molecule has 1 aromatic carbocycles. The summed E-state index contributed by atoms with van der Waals surface area (Å²) >= 11 is 0. The second-order valence-corrected chi connectivity index (χ2v) is 4.67. The lowest BCUT2D eigenvalue weighted by atomic mass is 10.1. The van der Waals surface area contributed by atoms with E-state index in [-0.39, 0.29) is 0 Å². The molecule has 1 aliphatic heterocycles. The van der Waals surface area contributed by atoms with Crippen molar-refractivity contribution in [2.75, 3.05) is 5.73 Å². The molecule has 1 aliphatic rings. The third-order valence-electron chi connectivity index (χ3n) is 3.30. The van der Waals surface area contributed by atoms with Crippen molar-refractivity contribution in [3.8, 4) is 11.4 Å². The number of hydrogen-bond acceptors (Lipinski definition) is 4. The molecule has 0 saturated carbocycles. The number of anilines is 1. The molecule has 0 saturated heterocycles. The summed E-state index contributed by atoms with van der Waals surface area (Å²) in [6.07, 6.45) is 2.19. The second-order valence-electron chi connectivity index (χ2n) is 4.67. The molecule has 1 atom stereocenters. The molecule has 98 valence electrons. The molecule has 6 nitrogen and oxygen atoms in total. The molecule has 19 heavy (non-hydrogen) atoms. The first-order valence-electron chi connectivity index (χ1n) is 6.19. The lowest BCUT2D eigenvalue weighted by Gasteiger charge is -2.19. The third-order valence-corrected chi connectivity index (χ3v) is 3.30. The van der Waals surface area contributed by atoms with Gasteiger partial charge in [-0.25, -0.2) is 14.5 Å². The van der Waals surface area contributed by atoms with E-state index in [0.29, 0.717) is 17.9 Å². The largest absolute Gasteiger partial charge is 0.480 e. The Kier molecular flexibility index (Phi) is 2.70. The molecule has 6 heteroatoms. The van der Waals surface area contributed by atoms with Crippen LogP contribution in [-0.2, 0) is 11.2 Å². The Morgan fingerprint density at radius 2 is 2.32 bits per heavy atom. The van der Waals surface area contributed by atoms with Crippen molar-refractivity contribution in [1.29, 1.82) is 0 Å². The van der Waals surface area contributed by atoms with Crippen molar-refractivity contribution < 1.29 is 9.90 Å². The summed E-state index contributed by atoms with van der Waals surface area (Å²) in [5.41, 5.74) is 7.19. The van der Waals surface area contributed by atoms with Crippen LogP contribution in [0.5, 0.6) is 0 Å². The second kappa shape index (κ2) is 4.38. The molecule has 0 bridgehead atoms. The van der Waals surface area contributed by atoms with Crippen molar-refractivity contribution in [3.05, 3.63) is 30.1 Å². The molecular weight excluding hydrogens is 244 g/mol. The van der Waals surface area contributed by atoms with E-state index in [4.69, 9.17) is 5.73 Å². The van der Waals surface area contributed by atoms with E-state index in [1.54, 1.807) is 12.1 Å². The zero-order valence-electron chi connectivity index (χ0n) is 10.3. The highest BCUT2D eigenvalue weighted by Crippen LogP contribution is 2.26. The standard InChI is InChI=1S/C13H14N4O2/c14-9-4-1-3-8(7-9)12-15-11-6-2-5-10(13(18)19)17(11)16-12/h1,3-4,7,10H,2,5-6,14H2,(H,18,19). The number of nitrogens with zero attached hydrogens (tertiary/aromatic N) is 3. The number of nitrogen functional groups attached to an aromatic ring is 1. The van der Waals surface area contributed by atoms with Crippen LogP contribution in [0.1, 0.15) is 24.7 Å². The van der Waals surface area contributed by atoms with E-state index in [1.165, 1.54) is 4.68 Å². The van der Waals surface area contributed by atoms with Crippen molar-refractivity contribution >= 4 is 11.7 Å². The zero-order chi connectivity index (χ0) is 13.4. The van der Waals surface area contributed by atoms with Gasteiger partial charge in [-0.1, -0.05) is 12.1 Å². The fourth-order valence-electron chi connectivity index (χ4n) is 2.38. The Hall–Kier alpha value is -2.37. The van der Waals surface area contributed by atoms with E-state index in [1.807, 2.05) is 12.1 Å². The summed E-state index contributed by atoms with van der Waals surface area (Å²) in [6.45, 7) is 0. The van der Waals surface area contributed by atoms with Gasteiger partial charge in [-0.05, 0) is 25.0 Å². The van der Waals surface area contributed by atoms with Crippen LogP contribution in [0.3, 0.4) is 0 Å². The van der Waals surface area contributed by atoms with Gasteiger partial charge < -0.3 is 10.8 Å². The summed E-state index contributed by atoms with van der Waals surface area (Å²) in [4.78, 5) is 15.6. The van der Waals surface area contributed by atoms with Gasteiger partial charge in [0.25, 0.3) is 0 Å². The average molecular weight is 258 g/mol. The molecular formula is C13H14N4O2. The maximum Gasteiger partial charge on any atom is 0.328 e.